The van der Waals surface area contributed by atoms with Gasteiger partial charge in [0.2, 0.25) is 0 Å². The van der Waals surface area contributed by atoms with Gasteiger partial charge in [0.1, 0.15) is 5.75 Å². The van der Waals surface area contributed by atoms with Crippen LogP contribution in [0.1, 0.15) is 38.5 Å². The second-order valence-electron chi connectivity index (χ2n) is 7.13. The molecule has 0 heterocycles. The number of nitrogens with one attached hydrogen (secondary N) is 2. The molecule has 1 amide bonds. The summed E-state index contributed by atoms with van der Waals surface area (Å²) in [5.74, 6) is 0.300. The zero-order valence-electron chi connectivity index (χ0n) is 16.1. The van der Waals surface area contributed by atoms with Crippen molar-refractivity contribution in [1.29, 1.82) is 0 Å². The maximum Gasteiger partial charge on any atom is 0.261 e. The van der Waals surface area contributed by atoms with Gasteiger partial charge in [0.15, 0.2) is 6.61 Å². The third-order valence-electron chi connectivity index (χ3n) is 4.82. The van der Waals surface area contributed by atoms with Crippen LogP contribution in [-0.4, -0.2) is 27.0 Å². The highest BCUT2D eigenvalue weighted by molar-refractivity contribution is 9.10. The van der Waals surface area contributed by atoms with Gasteiger partial charge in [-0.15, -0.1) is 0 Å². The third kappa shape index (κ3) is 6.75. The van der Waals surface area contributed by atoms with Crippen LogP contribution in [0, 0.1) is 0 Å². The minimum Gasteiger partial charge on any atom is -0.484 e. The van der Waals surface area contributed by atoms with Crippen molar-refractivity contribution in [3.05, 3.63) is 53.0 Å². The van der Waals surface area contributed by atoms with Crippen LogP contribution < -0.4 is 14.8 Å². The van der Waals surface area contributed by atoms with Crippen molar-refractivity contribution < 1.29 is 17.9 Å². The van der Waals surface area contributed by atoms with Crippen molar-refractivity contribution in [2.24, 2.45) is 0 Å². The van der Waals surface area contributed by atoms with Crippen LogP contribution in [0.25, 0.3) is 0 Å². The summed E-state index contributed by atoms with van der Waals surface area (Å²) in [6.45, 7) is -0.0836. The summed E-state index contributed by atoms with van der Waals surface area (Å²) in [4.78, 5) is 12.2. The van der Waals surface area contributed by atoms with E-state index in [0.29, 0.717) is 11.4 Å². The Hall–Kier alpha value is -2.06. The van der Waals surface area contributed by atoms with Crippen molar-refractivity contribution in [3.63, 3.8) is 0 Å². The van der Waals surface area contributed by atoms with E-state index in [-0.39, 0.29) is 23.5 Å². The van der Waals surface area contributed by atoms with Gasteiger partial charge in [0, 0.05) is 16.2 Å². The Morgan fingerprint density at radius 2 is 1.59 bits per heavy atom. The average molecular weight is 481 g/mol. The molecule has 0 aromatic heterocycles. The molecular weight excluding hydrogens is 456 g/mol. The highest BCUT2D eigenvalue weighted by Gasteiger charge is 2.16. The van der Waals surface area contributed by atoms with E-state index < -0.39 is 10.0 Å². The van der Waals surface area contributed by atoms with Gasteiger partial charge in [-0.2, -0.15) is 0 Å². The summed E-state index contributed by atoms with van der Waals surface area (Å²) in [6.07, 6.45) is 6.79. The number of carbonyl (C=O) groups excluding carboxylic acids is 1. The van der Waals surface area contributed by atoms with Crippen molar-refractivity contribution in [3.8, 4) is 5.75 Å². The van der Waals surface area contributed by atoms with Gasteiger partial charge in [-0.1, -0.05) is 41.6 Å². The molecule has 2 aromatic rings. The lowest BCUT2D eigenvalue weighted by molar-refractivity contribution is -0.123. The normalized spacial score (nSPS) is 15.3. The molecular formula is C21H25BrN2O4S. The van der Waals surface area contributed by atoms with Crippen molar-refractivity contribution >= 4 is 37.5 Å². The molecule has 6 nitrogen and oxygen atoms in total. The Morgan fingerprint density at radius 3 is 2.21 bits per heavy atom. The second-order valence-corrected chi connectivity index (χ2v) is 9.73. The monoisotopic (exact) mass is 480 g/mol. The zero-order chi connectivity index (χ0) is 20.7. The number of hydrogen-bond donors (Lipinski definition) is 2. The van der Waals surface area contributed by atoms with Crippen molar-refractivity contribution in [2.75, 3.05) is 11.3 Å². The predicted molar refractivity (Wildman–Crippen MR) is 117 cm³/mol. The predicted octanol–water partition coefficient (Wildman–Crippen LogP) is 4.47. The summed E-state index contributed by atoms with van der Waals surface area (Å²) >= 11 is 3.31. The fourth-order valence-electron chi connectivity index (χ4n) is 3.29. The third-order valence-corrected chi connectivity index (χ3v) is 6.75. The van der Waals surface area contributed by atoms with Gasteiger partial charge >= 0.3 is 0 Å². The quantitative estimate of drug-likeness (QED) is 0.572. The number of halogens is 1. The van der Waals surface area contributed by atoms with Gasteiger partial charge in [0.05, 0.1) is 4.90 Å². The molecule has 0 radical (unpaired) electrons. The number of anilines is 1. The molecule has 3 rings (SSSR count). The molecule has 0 saturated heterocycles. The topological polar surface area (TPSA) is 84.5 Å². The van der Waals surface area contributed by atoms with E-state index in [2.05, 4.69) is 26.0 Å². The molecule has 2 aromatic carbocycles. The summed E-state index contributed by atoms with van der Waals surface area (Å²) in [7, 11) is -3.70. The molecule has 1 saturated carbocycles. The van der Waals surface area contributed by atoms with Gasteiger partial charge in [-0.05, 0) is 61.4 Å². The molecule has 2 N–H and O–H groups in total. The molecule has 0 aliphatic heterocycles. The minimum atomic E-state index is -3.70. The van der Waals surface area contributed by atoms with Crippen LogP contribution in [0.3, 0.4) is 0 Å². The maximum absolute atomic E-state index is 12.5. The smallest absolute Gasteiger partial charge is 0.261 e. The van der Waals surface area contributed by atoms with E-state index in [9.17, 15) is 13.2 Å². The summed E-state index contributed by atoms with van der Waals surface area (Å²) in [6, 6.07) is 13.1. The first-order valence-electron chi connectivity index (χ1n) is 9.73. The standard InChI is InChI=1S/C21H25BrN2O4S/c22-16-7-9-18(10-8-16)24-29(26,27)20-13-11-19(12-14-20)28-15-21(25)23-17-5-3-1-2-4-6-17/h7-14,17,24H,1-6,15H2,(H,23,25). The van der Waals surface area contributed by atoms with Gasteiger partial charge in [-0.25, -0.2) is 8.42 Å². The van der Waals surface area contributed by atoms with E-state index >= 15 is 0 Å². The lowest BCUT2D eigenvalue weighted by Crippen LogP contribution is -2.37. The number of ether oxygens (including phenoxy) is 1. The van der Waals surface area contributed by atoms with Crippen LogP contribution in [0.2, 0.25) is 0 Å². The largest absolute Gasteiger partial charge is 0.484 e. The Kier molecular flexibility index (Phi) is 7.55. The Morgan fingerprint density at radius 1 is 0.966 bits per heavy atom. The molecule has 1 aliphatic carbocycles. The Bertz CT molecular complexity index is 907. The van der Waals surface area contributed by atoms with Crippen molar-refractivity contribution in [2.45, 2.75) is 49.5 Å². The molecule has 0 bridgehead atoms. The molecule has 1 aliphatic rings. The Labute approximate surface area is 180 Å². The van der Waals surface area contributed by atoms with E-state index in [1.54, 1.807) is 36.4 Å². The molecule has 0 unspecified atom stereocenters. The van der Waals surface area contributed by atoms with E-state index in [1.807, 2.05) is 0 Å². The number of sulfonamides is 1. The molecule has 1 fully saturated rings. The van der Waals surface area contributed by atoms with Gasteiger partial charge in [-0.3, -0.25) is 9.52 Å². The van der Waals surface area contributed by atoms with Gasteiger partial charge in [0.25, 0.3) is 15.9 Å². The van der Waals surface area contributed by atoms with E-state index in [4.69, 9.17) is 4.74 Å². The number of carbonyl (C=O) groups is 1. The number of hydrogen-bond acceptors (Lipinski definition) is 4. The van der Waals surface area contributed by atoms with Crippen molar-refractivity contribution in [1.82, 2.24) is 5.32 Å². The lowest BCUT2D eigenvalue weighted by Gasteiger charge is -2.16. The minimum absolute atomic E-state index is 0.0836. The van der Waals surface area contributed by atoms with E-state index in [1.165, 1.54) is 25.0 Å². The maximum atomic E-state index is 12.5. The van der Waals surface area contributed by atoms with Crippen LogP contribution >= 0.6 is 15.9 Å². The Balaban J connectivity index is 1.52. The highest BCUT2D eigenvalue weighted by atomic mass is 79.9. The van der Waals surface area contributed by atoms with E-state index in [0.717, 1.165) is 30.2 Å². The summed E-state index contributed by atoms with van der Waals surface area (Å²) in [5.41, 5.74) is 0.476. The fraction of sp³-hybridized carbons (Fsp3) is 0.381. The van der Waals surface area contributed by atoms with Crippen LogP contribution in [-0.2, 0) is 14.8 Å². The number of benzene rings is 2. The van der Waals surface area contributed by atoms with Crippen LogP contribution in [0.5, 0.6) is 5.75 Å². The highest BCUT2D eigenvalue weighted by Crippen LogP contribution is 2.21. The fourth-order valence-corrected chi connectivity index (χ4v) is 4.61. The first-order valence-corrected chi connectivity index (χ1v) is 12.0. The first kappa shape index (κ1) is 21.6. The van der Waals surface area contributed by atoms with Gasteiger partial charge < -0.3 is 10.1 Å². The molecule has 156 valence electrons. The summed E-state index contributed by atoms with van der Waals surface area (Å²) in [5, 5.41) is 3.02. The first-order chi connectivity index (χ1) is 13.9. The van der Waals surface area contributed by atoms with Crippen LogP contribution in [0.15, 0.2) is 57.9 Å². The lowest BCUT2D eigenvalue weighted by atomic mass is 10.1. The molecule has 0 spiro atoms. The zero-order valence-corrected chi connectivity index (χ0v) is 18.5. The number of rotatable bonds is 7. The number of amides is 1. The average Bonchev–Trinajstić information content (AvgIpc) is 2.97. The second kappa shape index (κ2) is 10.1. The summed E-state index contributed by atoms with van der Waals surface area (Å²) < 4.78 is 33.9. The molecule has 29 heavy (non-hydrogen) atoms. The van der Waals surface area contributed by atoms with Crippen LogP contribution in [0.4, 0.5) is 5.69 Å². The SMILES string of the molecule is O=C(COc1ccc(S(=O)(=O)Nc2ccc(Br)cc2)cc1)NC1CCCCCC1. The molecule has 8 heteroatoms. The molecule has 0 atom stereocenters.